The van der Waals surface area contributed by atoms with Gasteiger partial charge in [0.05, 0.1) is 11.3 Å². The maximum absolute atomic E-state index is 11.9. The average Bonchev–Trinajstić information content (AvgIpc) is 2.28. The maximum Gasteiger partial charge on any atom is 0.260 e. The molecule has 86 valence electrons. The highest BCUT2D eigenvalue weighted by atomic mass is 16.1. The lowest BCUT2D eigenvalue weighted by Crippen LogP contribution is -2.20. The van der Waals surface area contributed by atoms with Crippen LogP contribution in [0.25, 0.3) is 11.1 Å². The molecule has 0 bridgehead atoms. The number of nitrogen functional groups attached to an aromatic ring is 2. The van der Waals surface area contributed by atoms with Gasteiger partial charge in [0.1, 0.15) is 0 Å². The van der Waals surface area contributed by atoms with Crippen LogP contribution in [0.15, 0.2) is 23.0 Å². The molecule has 1 aliphatic carbocycles. The van der Waals surface area contributed by atoms with Crippen LogP contribution in [0.4, 0.5) is 11.6 Å². The van der Waals surface area contributed by atoms with Crippen molar-refractivity contribution in [2.45, 2.75) is 12.8 Å². The Balaban J connectivity index is 2.33. The molecule has 5 heteroatoms. The van der Waals surface area contributed by atoms with Crippen molar-refractivity contribution in [3.8, 4) is 11.1 Å². The van der Waals surface area contributed by atoms with Gasteiger partial charge in [0.15, 0.2) is 0 Å². The highest BCUT2D eigenvalue weighted by Crippen LogP contribution is 2.31. The van der Waals surface area contributed by atoms with Gasteiger partial charge in [-0.3, -0.25) is 9.78 Å². The van der Waals surface area contributed by atoms with E-state index in [9.17, 15) is 4.79 Å². The van der Waals surface area contributed by atoms with E-state index in [0.717, 1.165) is 29.7 Å². The third kappa shape index (κ3) is 1.47. The van der Waals surface area contributed by atoms with E-state index in [-0.39, 0.29) is 11.5 Å². The first-order valence-electron chi connectivity index (χ1n) is 5.42. The van der Waals surface area contributed by atoms with Crippen LogP contribution in [-0.4, -0.2) is 9.97 Å². The van der Waals surface area contributed by atoms with E-state index in [1.54, 1.807) is 6.07 Å². The topological polar surface area (TPSA) is 97.8 Å². The van der Waals surface area contributed by atoms with Crippen molar-refractivity contribution in [3.05, 3.63) is 39.8 Å². The number of fused-ring (bicyclic) bond motifs is 3. The number of nitrogens with one attached hydrogen (secondary N) is 1. The van der Waals surface area contributed by atoms with Gasteiger partial charge in [0.2, 0.25) is 5.95 Å². The van der Waals surface area contributed by atoms with E-state index in [2.05, 4.69) is 9.97 Å². The van der Waals surface area contributed by atoms with Crippen molar-refractivity contribution in [1.82, 2.24) is 9.97 Å². The molecule has 0 saturated carbocycles. The molecular weight excluding hydrogens is 216 g/mol. The minimum Gasteiger partial charge on any atom is -0.399 e. The standard InChI is InChI=1S/C12H12N4O/c13-7-2-3-8-6(5-7)1-4-9-10(8)11(17)16-12(14)15-9/h2-3,5H,1,4,13H2,(H3,14,15,16,17). The van der Waals surface area contributed by atoms with Gasteiger partial charge in [-0.15, -0.1) is 0 Å². The predicted molar refractivity (Wildman–Crippen MR) is 66.5 cm³/mol. The van der Waals surface area contributed by atoms with E-state index in [0.29, 0.717) is 11.3 Å². The summed E-state index contributed by atoms with van der Waals surface area (Å²) in [6, 6.07) is 5.58. The SMILES string of the molecule is Nc1ccc2c(c1)CCc1nc(N)[nH]c(=O)c1-2. The number of H-pyrrole nitrogens is 1. The number of aromatic amines is 1. The lowest BCUT2D eigenvalue weighted by atomic mass is 9.89. The molecule has 1 aromatic carbocycles. The number of benzene rings is 1. The number of anilines is 2. The van der Waals surface area contributed by atoms with Gasteiger partial charge < -0.3 is 11.5 Å². The van der Waals surface area contributed by atoms with Gasteiger partial charge in [0, 0.05) is 5.69 Å². The number of hydrogen-bond acceptors (Lipinski definition) is 4. The lowest BCUT2D eigenvalue weighted by molar-refractivity contribution is 0.881. The van der Waals surface area contributed by atoms with Gasteiger partial charge in [0.25, 0.3) is 5.56 Å². The summed E-state index contributed by atoms with van der Waals surface area (Å²) in [6.45, 7) is 0. The molecule has 1 aromatic heterocycles. The second-order valence-electron chi connectivity index (χ2n) is 4.19. The monoisotopic (exact) mass is 228 g/mol. The molecule has 0 radical (unpaired) electrons. The Morgan fingerprint density at radius 2 is 2.06 bits per heavy atom. The summed E-state index contributed by atoms with van der Waals surface area (Å²) in [5.41, 5.74) is 15.2. The van der Waals surface area contributed by atoms with Gasteiger partial charge in [-0.1, -0.05) is 6.07 Å². The van der Waals surface area contributed by atoms with Crippen molar-refractivity contribution < 1.29 is 0 Å². The smallest absolute Gasteiger partial charge is 0.260 e. The molecule has 0 aliphatic heterocycles. The zero-order valence-corrected chi connectivity index (χ0v) is 9.16. The summed E-state index contributed by atoms with van der Waals surface area (Å²) in [7, 11) is 0. The van der Waals surface area contributed by atoms with Gasteiger partial charge in [-0.25, -0.2) is 4.98 Å². The molecule has 3 rings (SSSR count). The van der Waals surface area contributed by atoms with Crippen molar-refractivity contribution in [1.29, 1.82) is 0 Å². The fraction of sp³-hybridized carbons (Fsp3) is 0.167. The zero-order valence-electron chi connectivity index (χ0n) is 9.16. The van der Waals surface area contributed by atoms with Crippen molar-refractivity contribution in [2.75, 3.05) is 11.5 Å². The fourth-order valence-corrected chi connectivity index (χ4v) is 2.32. The van der Waals surface area contributed by atoms with Crippen molar-refractivity contribution in [2.24, 2.45) is 0 Å². The van der Waals surface area contributed by atoms with E-state index in [1.165, 1.54) is 0 Å². The number of hydrogen-bond donors (Lipinski definition) is 3. The van der Waals surface area contributed by atoms with Crippen LogP contribution in [0, 0.1) is 0 Å². The van der Waals surface area contributed by atoms with E-state index in [1.807, 2.05) is 12.1 Å². The number of aryl methyl sites for hydroxylation is 2. The molecule has 0 saturated heterocycles. The Morgan fingerprint density at radius 3 is 2.88 bits per heavy atom. The van der Waals surface area contributed by atoms with E-state index >= 15 is 0 Å². The second kappa shape index (κ2) is 3.35. The van der Waals surface area contributed by atoms with Gasteiger partial charge in [-0.2, -0.15) is 0 Å². The van der Waals surface area contributed by atoms with Crippen molar-refractivity contribution in [3.63, 3.8) is 0 Å². The average molecular weight is 228 g/mol. The molecule has 1 aliphatic rings. The largest absolute Gasteiger partial charge is 0.399 e. The molecular formula is C12H12N4O. The van der Waals surface area contributed by atoms with Crippen molar-refractivity contribution >= 4 is 11.6 Å². The third-order valence-corrected chi connectivity index (χ3v) is 3.04. The molecule has 5 N–H and O–H groups in total. The summed E-state index contributed by atoms with van der Waals surface area (Å²) < 4.78 is 0. The van der Waals surface area contributed by atoms with Gasteiger partial charge in [-0.05, 0) is 36.1 Å². The molecule has 1 heterocycles. The van der Waals surface area contributed by atoms with E-state index in [4.69, 9.17) is 11.5 Å². The number of aromatic nitrogens is 2. The van der Waals surface area contributed by atoms with Crippen LogP contribution < -0.4 is 17.0 Å². The summed E-state index contributed by atoms with van der Waals surface area (Å²) in [5, 5.41) is 0. The Kier molecular flexibility index (Phi) is 1.95. The lowest BCUT2D eigenvalue weighted by Gasteiger charge is -2.18. The molecule has 0 atom stereocenters. The molecule has 5 nitrogen and oxygen atoms in total. The van der Waals surface area contributed by atoms with E-state index < -0.39 is 0 Å². The Bertz CT molecular complexity index is 660. The molecule has 17 heavy (non-hydrogen) atoms. The molecule has 0 amide bonds. The van der Waals surface area contributed by atoms with Crippen LogP contribution in [-0.2, 0) is 12.8 Å². The number of rotatable bonds is 0. The predicted octanol–water partition coefficient (Wildman–Crippen LogP) is 0.700. The van der Waals surface area contributed by atoms with Gasteiger partial charge >= 0.3 is 0 Å². The molecule has 0 spiro atoms. The van der Waals surface area contributed by atoms with Crippen LogP contribution in [0.2, 0.25) is 0 Å². The van der Waals surface area contributed by atoms with Crippen LogP contribution >= 0.6 is 0 Å². The first kappa shape index (κ1) is 9.89. The third-order valence-electron chi connectivity index (χ3n) is 3.04. The Morgan fingerprint density at radius 1 is 1.24 bits per heavy atom. The van der Waals surface area contributed by atoms with Crippen LogP contribution in [0.3, 0.4) is 0 Å². The molecule has 2 aromatic rings. The highest BCUT2D eigenvalue weighted by Gasteiger charge is 2.20. The number of nitrogens with zero attached hydrogens (tertiary/aromatic N) is 1. The Hall–Kier alpha value is -2.30. The summed E-state index contributed by atoms with van der Waals surface area (Å²) >= 11 is 0. The Labute approximate surface area is 97.5 Å². The molecule has 0 unspecified atom stereocenters. The highest BCUT2D eigenvalue weighted by molar-refractivity contribution is 5.73. The zero-order chi connectivity index (χ0) is 12.0. The summed E-state index contributed by atoms with van der Waals surface area (Å²) in [4.78, 5) is 18.6. The molecule has 0 fully saturated rings. The van der Waals surface area contributed by atoms with Crippen LogP contribution in [0.1, 0.15) is 11.3 Å². The summed E-state index contributed by atoms with van der Waals surface area (Å²) in [6.07, 6.45) is 1.56. The first-order chi connectivity index (χ1) is 8.15. The second-order valence-corrected chi connectivity index (χ2v) is 4.19. The van der Waals surface area contributed by atoms with Crippen LogP contribution in [0.5, 0.6) is 0 Å². The first-order valence-corrected chi connectivity index (χ1v) is 5.42. The minimum absolute atomic E-state index is 0.174. The number of nitrogens with two attached hydrogens (primary N) is 2. The normalized spacial score (nSPS) is 12.9. The summed E-state index contributed by atoms with van der Waals surface area (Å²) in [5.74, 6) is 0.174. The fourth-order valence-electron chi connectivity index (χ4n) is 2.32. The quantitative estimate of drug-likeness (QED) is 0.578. The maximum atomic E-state index is 11.9. The minimum atomic E-state index is -0.182.